The monoisotopic (exact) mass is 436 g/mol. The Labute approximate surface area is 162 Å². The first-order chi connectivity index (χ1) is 12.4. The van der Waals surface area contributed by atoms with Gasteiger partial charge in [0.1, 0.15) is 0 Å². The number of anilines is 2. The summed E-state index contributed by atoms with van der Waals surface area (Å²) in [6.45, 7) is 2.34. The van der Waals surface area contributed by atoms with E-state index in [4.69, 9.17) is 0 Å². The van der Waals surface area contributed by atoms with Crippen molar-refractivity contribution in [3.8, 4) is 0 Å². The number of carbonyl (C=O) groups is 1. The van der Waals surface area contributed by atoms with Gasteiger partial charge in [-0.05, 0) is 65.0 Å². The maximum absolute atomic E-state index is 12.6. The minimum Gasteiger partial charge on any atom is -0.322 e. The van der Waals surface area contributed by atoms with Crippen molar-refractivity contribution >= 4 is 43.2 Å². The second kappa shape index (κ2) is 7.80. The van der Waals surface area contributed by atoms with E-state index in [1.807, 2.05) is 25.1 Å². The van der Waals surface area contributed by atoms with Crippen LogP contribution in [0.1, 0.15) is 35.7 Å². The normalized spacial score (nSPS) is 14.0. The number of hydrogen-bond acceptors (Lipinski definition) is 3. The van der Waals surface area contributed by atoms with E-state index in [0.717, 1.165) is 18.4 Å². The Hall–Kier alpha value is -1.86. The van der Waals surface area contributed by atoms with Gasteiger partial charge in [0.25, 0.3) is 5.91 Å². The van der Waals surface area contributed by atoms with Gasteiger partial charge in [-0.15, -0.1) is 0 Å². The number of rotatable bonds is 5. The maximum Gasteiger partial charge on any atom is 0.256 e. The van der Waals surface area contributed by atoms with Crippen LogP contribution in [0.25, 0.3) is 0 Å². The van der Waals surface area contributed by atoms with E-state index in [-0.39, 0.29) is 11.7 Å². The first-order valence-electron chi connectivity index (χ1n) is 8.61. The molecule has 1 N–H and O–H groups in total. The van der Waals surface area contributed by atoms with Crippen LogP contribution in [0, 0.1) is 0 Å². The number of carbonyl (C=O) groups excluding carboxylic acids is 1. The Kier molecular flexibility index (Phi) is 5.67. The van der Waals surface area contributed by atoms with Crippen molar-refractivity contribution in [3.63, 3.8) is 0 Å². The van der Waals surface area contributed by atoms with Gasteiger partial charge in [0.2, 0.25) is 10.0 Å². The van der Waals surface area contributed by atoms with Crippen LogP contribution in [-0.4, -0.2) is 26.6 Å². The van der Waals surface area contributed by atoms with Crippen LogP contribution >= 0.6 is 15.9 Å². The van der Waals surface area contributed by atoms with Crippen molar-refractivity contribution in [2.45, 2.75) is 26.2 Å². The average Bonchev–Trinajstić information content (AvgIpc) is 2.61. The van der Waals surface area contributed by atoms with Crippen molar-refractivity contribution in [2.24, 2.45) is 0 Å². The second-order valence-corrected chi connectivity index (χ2v) is 9.14. The van der Waals surface area contributed by atoms with Crippen LogP contribution in [0.3, 0.4) is 0 Å². The third kappa shape index (κ3) is 3.94. The molecule has 1 amide bonds. The molecule has 2 aromatic carbocycles. The molecule has 5 nitrogen and oxygen atoms in total. The number of halogens is 1. The molecule has 0 unspecified atom stereocenters. The van der Waals surface area contributed by atoms with Gasteiger partial charge < -0.3 is 5.32 Å². The Morgan fingerprint density at radius 1 is 1.23 bits per heavy atom. The molecule has 0 aliphatic carbocycles. The van der Waals surface area contributed by atoms with Crippen LogP contribution in [-0.2, 0) is 16.4 Å². The SMILES string of the molecule is CCCS(=O)(=O)N1CCCc2ccc(NC(=O)c3ccccc3Br)cc21. The van der Waals surface area contributed by atoms with E-state index in [2.05, 4.69) is 21.2 Å². The molecule has 1 aliphatic rings. The van der Waals surface area contributed by atoms with E-state index in [9.17, 15) is 13.2 Å². The molecule has 26 heavy (non-hydrogen) atoms. The number of hydrogen-bond donors (Lipinski definition) is 1. The predicted molar refractivity (Wildman–Crippen MR) is 108 cm³/mol. The van der Waals surface area contributed by atoms with Gasteiger partial charge >= 0.3 is 0 Å². The summed E-state index contributed by atoms with van der Waals surface area (Å²) in [6, 6.07) is 12.7. The maximum atomic E-state index is 12.6. The third-order valence-electron chi connectivity index (χ3n) is 4.34. The second-order valence-electron chi connectivity index (χ2n) is 6.27. The summed E-state index contributed by atoms with van der Waals surface area (Å²) in [5.74, 6) is -0.115. The number of fused-ring (bicyclic) bond motifs is 1. The van der Waals surface area contributed by atoms with Crippen LogP contribution in [0.2, 0.25) is 0 Å². The van der Waals surface area contributed by atoms with E-state index >= 15 is 0 Å². The lowest BCUT2D eigenvalue weighted by atomic mass is 10.0. The topological polar surface area (TPSA) is 66.5 Å². The highest BCUT2D eigenvalue weighted by Gasteiger charge is 2.27. The number of aryl methyl sites for hydroxylation is 1. The fourth-order valence-electron chi connectivity index (χ4n) is 3.12. The summed E-state index contributed by atoms with van der Waals surface area (Å²) in [6.07, 6.45) is 2.22. The zero-order valence-electron chi connectivity index (χ0n) is 14.5. The minimum absolute atomic E-state index is 0.125. The van der Waals surface area contributed by atoms with E-state index in [0.29, 0.717) is 34.4 Å². The van der Waals surface area contributed by atoms with Crippen LogP contribution in [0.5, 0.6) is 0 Å². The zero-order valence-corrected chi connectivity index (χ0v) is 16.9. The van der Waals surface area contributed by atoms with E-state index in [1.54, 1.807) is 24.3 Å². The largest absolute Gasteiger partial charge is 0.322 e. The minimum atomic E-state index is -3.34. The van der Waals surface area contributed by atoms with E-state index in [1.165, 1.54) is 4.31 Å². The van der Waals surface area contributed by atoms with Crippen molar-refractivity contribution in [2.75, 3.05) is 21.9 Å². The molecule has 0 saturated heterocycles. The van der Waals surface area contributed by atoms with Crippen molar-refractivity contribution in [1.29, 1.82) is 0 Å². The molecule has 0 saturated carbocycles. The molecule has 0 spiro atoms. The molecule has 7 heteroatoms. The van der Waals surface area contributed by atoms with Crippen LogP contribution in [0.15, 0.2) is 46.9 Å². The molecule has 138 valence electrons. The summed E-state index contributed by atoms with van der Waals surface area (Å²) >= 11 is 3.37. The standard InChI is InChI=1S/C19H21BrN2O3S/c1-2-12-26(24,25)22-11-5-6-14-9-10-15(13-18(14)22)21-19(23)16-7-3-4-8-17(16)20/h3-4,7-10,13H,2,5-6,11-12H2,1H3,(H,21,23). The molecule has 0 radical (unpaired) electrons. The highest BCUT2D eigenvalue weighted by molar-refractivity contribution is 9.10. The summed E-state index contributed by atoms with van der Waals surface area (Å²) < 4.78 is 27.4. The highest BCUT2D eigenvalue weighted by Crippen LogP contribution is 2.32. The molecular formula is C19H21BrN2O3S. The van der Waals surface area contributed by atoms with Gasteiger partial charge in [-0.2, -0.15) is 0 Å². The first kappa shape index (κ1) is 18.9. The van der Waals surface area contributed by atoms with Gasteiger partial charge in [-0.1, -0.05) is 25.1 Å². The number of benzene rings is 2. The molecule has 1 aliphatic heterocycles. The molecule has 2 aromatic rings. The van der Waals surface area contributed by atoms with Crippen molar-refractivity contribution < 1.29 is 13.2 Å². The lowest BCUT2D eigenvalue weighted by Crippen LogP contribution is -2.37. The molecule has 0 bridgehead atoms. The quantitative estimate of drug-likeness (QED) is 0.763. The summed E-state index contributed by atoms with van der Waals surface area (Å²) in [7, 11) is -3.34. The van der Waals surface area contributed by atoms with Crippen molar-refractivity contribution in [3.05, 3.63) is 58.1 Å². The van der Waals surface area contributed by atoms with Gasteiger partial charge in [0, 0.05) is 16.7 Å². The van der Waals surface area contributed by atoms with Crippen molar-refractivity contribution in [1.82, 2.24) is 0 Å². The Bertz CT molecular complexity index is 928. The number of nitrogens with zero attached hydrogens (tertiary/aromatic N) is 1. The fraction of sp³-hybridized carbons (Fsp3) is 0.316. The molecule has 0 fully saturated rings. The molecular weight excluding hydrogens is 416 g/mol. The lowest BCUT2D eigenvalue weighted by Gasteiger charge is -2.31. The summed E-state index contributed by atoms with van der Waals surface area (Å²) in [4.78, 5) is 12.5. The third-order valence-corrected chi connectivity index (χ3v) is 7.00. The van der Waals surface area contributed by atoms with Gasteiger partial charge in [-0.25, -0.2) is 8.42 Å². The Balaban J connectivity index is 1.90. The summed E-state index contributed by atoms with van der Waals surface area (Å²) in [5.41, 5.74) is 2.79. The molecule has 3 rings (SSSR count). The van der Waals surface area contributed by atoms with Gasteiger partial charge in [0.15, 0.2) is 0 Å². The van der Waals surface area contributed by atoms with E-state index < -0.39 is 10.0 Å². The Morgan fingerprint density at radius 3 is 2.73 bits per heavy atom. The zero-order chi connectivity index (χ0) is 18.7. The number of nitrogens with one attached hydrogen (secondary N) is 1. The highest BCUT2D eigenvalue weighted by atomic mass is 79.9. The summed E-state index contributed by atoms with van der Waals surface area (Å²) in [5, 5.41) is 2.86. The smallest absolute Gasteiger partial charge is 0.256 e. The number of amides is 1. The van der Waals surface area contributed by atoms with Crippen LogP contribution in [0.4, 0.5) is 11.4 Å². The lowest BCUT2D eigenvalue weighted by molar-refractivity contribution is 0.102. The molecule has 1 heterocycles. The first-order valence-corrected chi connectivity index (χ1v) is 11.0. The average molecular weight is 437 g/mol. The predicted octanol–water partition coefficient (Wildman–Crippen LogP) is 4.19. The molecule has 0 aromatic heterocycles. The Morgan fingerprint density at radius 2 is 2.00 bits per heavy atom. The fourth-order valence-corrected chi connectivity index (χ4v) is 5.20. The van der Waals surface area contributed by atoms with Gasteiger partial charge in [-0.3, -0.25) is 9.10 Å². The number of sulfonamides is 1. The van der Waals surface area contributed by atoms with Crippen LogP contribution < -0.4 is 9.62 Å². The molecule has 0 atom stereocenters. The van der Waals surface area contributed by atoms with Gasteiger partial charge in [0.05, 0.1) is 17.0 Å².